The first kappa shape index (κ1) is 9.65. The molecule has 0 aromatic rings. The molecule has 0 saturated carbocycles. The summed E-state index contributed by atoms with van der Waals surface area (Å²) in [5, 5.41) is 2.17. The monoisotopic (exact) mass is 163 g/mol. The predicted molar refractivity (Wildman–Crippen MR) is 42.5 cm³/mol. The number of sulfone groups is 1. The van der Waals surface area contributed by atoms with E-state index in [9.17, 15) is 8.42 Å². The molecule has 3 nitrogen and oxygen atoms in total. The summed E-state index contributed by atoms with van der Waals surface area (Å²) in [5.41, 5.74) is 0. The van der Waals surface area contributed by atoms with E-state index in [0.29, 0.717) is 6.54 Å². The third kappa shape index (κ3) is 2.98. The average molecular weight is 163 g/mol. The third-order valence-electron chi connectivity index (χ3n) is 1.08. The molecular formula is C6H13NO2S. The van der Waals surface area contributed by atoms with Crippen LogP contribution in [-0.4, -0.2) is 26.6 Å². The summed E-state index contributed by atoms with van der Waals surface area (Å²) in [6.07, 6.45) is 2.57. The van der Waals surface area contributed by atoms with Crippen LogP contribution in [0.15, 0.2) is 12.7 Å². The molecule has 1 N–H and O–H groups in total. The molecular weight excluding hydrogens is 150 g/mol. The van der Waals surface area contributed by atoms with Crippen molar-refractivity contribution < 1.29 is 8.42 Å². The van der Waals surface area contributed by atoms with Gasteiger partial charge >= 0.3 is 0 Å². The fourth-order valence-corrected chi connectivity index (χ4v) is 1.43. The Hall–Kier alpha value is -0.350. The molecule has 0 saturated heterocycles. The lowest BCUT2D eigenvalue weighted by atomic mass is 10.6. The second-order valence-corrected chi connectivity index (χ2v) is 4.21. The Morgan fingerprint density at radius 1 is 1.70 bits per heavy atom. The van der Waals surface area contributed by atoms with Crippen molar-refractivity contribution in [2.24, 2.45) is 0 Å². The second-order valence-electron chi connectivity index (χ2n) is 2.04. The van der Waals surface area contributed by atoms with E-state index in [1.165, 1.54) is 12.3 Å². The lowest BCUT2D eigenvalue weighted by Gasteiger charge is -2.09. The van der Waals surface area contributed by atoms with E-state index in [1.54, 1.807) is 0 Å². The molecule has 0 amide bonds. The van der Waals surface area contributed by atoms with Crippen LogP contribution in [0.5, 0.6) is 0 Å². The zero-order valence-electron chi connectivity index (χ0n) is 6.29. The van der Waals surface area contributed by atoms with Gasteiger partial charge in [0.25, 0.3) is 0 Å². The molecule has 0 heterocycles. The summed E-state index contributed by atoms with van der Waals surface area (Å²) in [4.78, 5) is 0. The fourth-order valence-electron chi connectivity index (χ4n) is 0.611. The molecule has 1 atom stereocenters. The van der Waals surface area contributed by atoms with Crippen molar-refractivity contribution in [2.45, 2.75) is 12.3 Å². The molecule has 0 aliphatic rings. The Labute approximate surface area is 62.0 Å². The fraction of sp³-hybridized carbons (Fsp3) is 0.667. The van der Waals surface area contributed by atoms with Gasteiger partial charge in [0.05, 0.1) is 0 Å². The van der Waals surface area contributed by atoms with Gasteiger partial charge in [-0.25, -0.2) is 8.42 Å². The minimum Gasteiger partial charge on any atom is -0.298 e. The number of hydrogen-bond donors (Lipinski definition) is 1. The normalized spacial score (nSPS) is 14.6. The highest BCUT2D eigenvalue weighted by molar-refractivity contribution is 7.91. The number of rotatable bonds is 4. The van der Waals surface area contributed by atoms with Crippen LogP contribution in [0, 0.1) is 0 Å². The quantitative estimate of drug-likeness (QED) is 0.600. The van der Waals surface area contributed by atoms with Gasteiger partial charge in [-0.1, -0.05) is 13.0 Å². The summed E-state index contributed by atoms with van der Waals surface area (Å²) >= 11 is 0. The highest BCUT2D eigenvalue weighted by Gasteiger charge is 2.13. The maximum Gasteiger partial charge on any atom is 0.166 e. The molecule has 60 valence electrons. The molecule has 4 heteroatoms. The molecule has 1 unspecified atom stereocenters. The molecule has 0 radical (unpaired) electrons. The van der Waals surface area contributed by atoms with Gasteiger partial charge in [-0.15, -0.1) is 6.58 Å². The number of hydrogen-bond acceptors (Lipinski definition) is 3. The van der Waals surface area contributed by atoms with Gasteiger partial charge < -0.3 is 0 Å². The smallest absolute Gasteiger partial charge is 0.166 e. The van der Waals surface area contributed by atoms with Crippen LogP contribution in [0.4, 0.5) is 0 Å². The highest BCUT2D eigenvalue weighted by Crippen LogP contribution is 1.94. The van der Waals surface area contributed by atoms with E-state index in [4.69, 9.17) is 0 Å². The maximum atomic E-state index is 10.8. The zero-order chi connectivity index (χ0) is 8.20. The largest absolute Gasteiger partial charge is 0.298 e. The van der Waals surface area contributed by atoms with Gasteiger partial charge in [-0.05, 0) is 6.54 Å². The van der Waals surface area contributed by atoms with Crippen molar-refractivity contribution in [1.29, 1.82) is 0 Å². The van der Waals surface area contributed by atoms with E-state index < -0.39 is 15.2 Å². The van der Waals surface area contributed by atoms with Crippen LogP contribution < -0.4 is 5.32 Å². The topological polar surface area (TPSA) is 46.2 Å². The van der Waals surface area contributed by atoms with E-state index in [2.05, 4.69) is 11.9 Å². The minimum absolute atomic E-state index is 0.600. The van der Waals surface area contributed by atoms with Crippen LogP contribution in [-0.2, 0) is 9.84 Å². The third-order valence-corrected chi connectivity index (χ3v) is 2.36. The van der Waals surface area contributed by atoms with Crippen molar-refractivity contribution in [3.63, 3.8) is 0 Å². The number of likely N-dealkylation sites (N-methyl/N-ethyl adjacent to an activating group) is 1. The Morgan fingerprint density at radius 2 is 2.20 bits per heavy atom. The van der Waals surface area contributed by atoms with Crippen molar-refractivity contribution in [2.75, 3.05) is 12.8 Å². The number of nitrogens with one attached hydrogen (secondary N) is 1. The standard InChI is InChI=1S/C6H13NO2S/c1-4-6(7-5-2)10(3,8)9/h4,6-7H,1,5H2,2-3H3. The average Bonchev–Trinajstić information content (AvgIpc) is 1.80. The van der Waals surface area contributed by atoms with Gasteiger partial charge in [0.2, 0.25) is 0 Å². The first-order valence-electron chi connectivity index (χ1n) is 3.07. The van der Waals surface area contributed by atoms with Gasteiger partial charge in [0.1, 0.15) is 5.37 Å². The second kappa shape index (κ2) is 3.73. The van der Waals surface area contributed by atoms with Crippen LogP contribution in [0.3, 0.4) is 0 Å². The summed E-state index contributed by atoms with van der Waals surface area (Å²) in [6, 6.07) is 0. The lowest BCUT2D eigenvalue weighted by molar-refractivity contribution is 0.580. The minimum atomic E-state index is -3.01. The molecule has 0 bridgehead atoms. The van der Waals surface area contributed by atoms with E-state index >= 15 is 0 Å². The first-order chi connectivity index (χ1) is 4.52. The Morgan fingerprint density at radius 3 is 2.30 bits per heavy atom. The Balaban J connectivity index is 4.22. The van der Waals surface area contributed by atoms with Gasteiger partial charge in [0, 0.05) is 6.26 Å². The van der Waals surface area contributed by atoms with Gasteiger partial charge in [-0.2, -0.15) is 0 Å². The SMILES string of the molecule is C=CC(NCC)S(C)(=O)=O. The molecule has 0 aliphatic carbocycles. The Bertz CT molecular complexity index is 196. The maximum absolute atomic E-state index is 10.8. The molecule has 10 heavy (non-hydrogen) atoms. The summed E-state index contributed by atoms with van der Waals surface area (Å²) in [7, 11) is -3.01. The van der Waals surface area contributed by atoms with E-state index in [0.717, 1.165) is 0 Å². The van der Waals surface area contributed by atoms with Crippen LogP contribution >= 0.6 is 0 Å². The van der Waals surface area contributed by atoms with Crippen LogP contribution in [0.2, 0.25) is 0 Å². The van der Waals surface area contributed by atoms with Crippen LogP contribution in [0.25, 0.3) is 0 Å². The van der Waals surface area contributed by atoms with Gasteiger partial charge in [0.15, 0.2) is 9.84 Å². The Kier molecular flexibility index (Phi) is 3.60. The summed E-state index contributed by atoms with van der Waals surface area (Å²) < 4.78 is 21.6. The lowest BCUT2D eigenvalue weighted by Crippen LogP contribution is -2.33. The molecule has 0 spiro atoms. The summed E-state index contributed by atoms with van der Waals surface area (Å²) in [6.45, 7) is 5.88. The zero-order valence-corrected chi connectivity index (χ0v) is 7.11. The highest BCUT2D eigenvalue weighted by atomic mass is 32.2. The predicted octanol–water partition coefficient (Wildman–Crippen LogP) is 0.153. The summed E-state index contributed by atoms with van der Waals surface area (Å²) in [5.74, 6) is 0. The van der Waals surface area contributed by atoms with Crippen molar-refractivity contribution in [3.8, 4) is 0 Å². The molecule has 0 aliphatic heterocycles. The first-order valence-corrected chi connectivity index (χ1v) is 5.02. The van der Waals surface area contributed by atoms with Crippen LogP contribution in [0.1, 0.15) is 6.92 Å². The molecule has 0 rings (SSSR count). The van der Waals surface area contributed by atoms with E-state index in [-0.39, 0.29) is 0 Å². The van der Waals surface area contributed by atoms with Crippen molar-refractivity contribution in [1.82, 2.24) is 5.32 Å². The molecule has 0 aromatic carbocycles. The van der Waals surface area contributed by atoms with Crippen molar-refractivity contribution >= 4 is 9.84 Å². The molecule has 0 aromatic heterocycles. The van der Waals surface area contributed by atoms with Gasteiger partial charge in [-0.3, -0.25) is 5.32 Å². The van der Waals surface area contributed by atoms with E-state index in [1.807, 2.05) is 6.92 Å². The van der Waals surface area contributed by atoms with Crippen molar-refractivity contribution in [3.05, 3.63) is 12.7 Å². The molecule has 0 fully saturated rings.